The van der Waals surface area contributed by atoms with Crippen molar-refractivity contribution in [3.05, 3.63) is 29.8 Å². The van der Waals surface area contributed by atoms with Crippen LogP contribution >= 0.6 is 11.6 Å². The fraction of sp³-hybridized carbons (Fsp3) is 0.500. The van der Waals surface area contributed by atoms with Gasteiger partial charge in [0.15, 0.2) is 0 Å². The van der Waals surface area contributed by atoms with Crippen molar-refractivity contribution in [2.45, 2.75) is 25.0 Å². The second kappa shape index (κ2) is 5.80. The monoisotopic (exact) mass is 283 g/mol. The number of nitrogens with zero attached hydrogens (tertiary/aromatic N) is 1. The van der Waals surface area contributed by atoms with Gasteiger partial charge in [-0.25, -0.2) is 0 Å². The van der Waals surface area contributed by atoms with Crippen molar-refractivity contribution in [1.82, 2.24) is 0 Å². The maximum absolute atomic E-state index is 5.94. The standard InChI is InChI=1S/C14H18ClNO3/c1-14(18-3)8-12(13(9-15)16-19-14)10-4-6-11(17-2)7-5-10/h4-7,12H,8-9H2,1-3H3/t12-,14+/m1/s1. The fourth-order valence-electron chi connectivity index (χ4n) is 2.13. The van der Waals surface area contributed by atoms with Gasteiger partial charge >= 0.3 is 0 Å². The molecule has 0 bridgehead atoms. The van der Waals surface area contributed by atoms with Crippen molar-refractivity contribution in [3.63, 3.8) is 0 Å². The summed E-state index contributed by atoms with van der Waals surface area (Å²) in [5.41, 5.74) is 1.95. The largest absolute Gasteiger partial charge is 0.497 e. The summed E-state index contributed by atoms with van der Waals surface area (Å²) in [6, 6.07) is 7.90. The second-order valence-corrected chi connectivity index (χ2v) is 4.94. The molecule has 0 fully saturated rings. The first-order chi connectivity index (χ1) is 9.11. The molecule has 0 saturated carbocycles. The van der Waals surface area contributed by atoms with Gasteiger partial charge in [-0.2, -0.15) is 0 Å². The number of ether oxygens (including phenoxy) is 2. The molecule has 0 radical (unpaired) electrons. The van der Waals surface area contributed by atoms with Crippen LogP contribution in [0.2, 0.25) is 0 Å². The summed E-state index contributed by atoms with van der Waals surface area (Å²) in [4.78, 5) is 5.37. The molecule has 0 saturated heterocycles. The van der Waals surface area contributed by atoms with E-state index in [1.807, 2.05) is 31.2 Å². The van der Waals surface area contributed by atoms with Gasteiger partial charge in [-0.1, -0.05) is 17.3 Å². The Morgan fingerprint density at radius 1 is 1.37 bits per heavy atom. The highest BCUT2D eigenvalue weighted by molar-refractivity contribution is 6.29. The van der Waals surface area contributed by atoms with E-state index in [0.29, 0.717) is 12.3 Å². The van der Waals surface area contributed by atoms with Crippen molar-refractivity contribution in [2.75, 3.05) is 20.1 Å². The van der Waals surface area contributed by atoms with Gasteiger partial charge in [-0.3, -0.25) is 0 Å². The van der Waals surface area contributed by atoms with Crippen molar-refractivity contribution < 1.29 is 14.3 Å². The maximum Gasteiger partial charge on any atom is 0.234 e. The lowest BCUT2D eigenvalue weighted by Crippen LogP contribution is -2.38. The molecule has 0 N–H and O–H groups in total. The van der Waals surface area contributed by atoms with Gasteiger partial charge in [0.25, 0.3) is 0 Å². The minimum absolute atomic E-state index is 0.0992. The molecule has 1 aliphatic heterocycles. The number of rotatable bonds is 4. The van der Waals surface area contributed by atoms with E-state index < -0.39 is 5.79 Å². The smallest absolute Gasteiger partial charge is 0.234 e. The maximum atomic E-state index is 5.94. The Kier molecular flexibility index (Phi) is 4.32. The normalized spacial score (nSPS) is 26.5. The Bertz CT molecular complexity index is 460. The zero-order chi connectivity index (χ0) is 13.9. The van der Waals surface area contributed by atoms with Gasteiger partial charge in [-0.05, 0) is 17.7 Å². The lowest BCUT2D eigenvalue weighted by atomic mass is 9.87. The van der Waals surface area contributed by atoms with Gasteiger partial charge in [0.1, 0.15) is 5.75 Å². The van der Waals surface area contributed by atoms with Crippen LogP contribution in [0.1, 0.15) is 24.8 Å². The SMILES string of the molecule is COc1ccc([C@H]2C[C@@](C)(OC)ON=C2CCl)cc1. The highest BCUT2D eigenvalue weighted by Gasteiger charge is 2.37. The minimum atomic E-state index is -0.708. The summed E-state index contributed by atoms with van der Waals surface area (Å²) in [5, 5.41) is 4.10. The zero-order valence-corrected chi connectivity index (χ0v) is 12.1. The zero-order valence-electron chi connectivity index (χ0n) is 11.4. The number of methoxy groups -OCH3 is 2. The predicted octanol–water partition coefficient (Wildman–Crippen LogP) is 3.16. The highest BCUT2D eigenvalue weighted by Crippen LogP contribution is 2.35. The minimum Gasteiger partial charge on any atom is -0.497 e. The molecule has 4 nitrogen and oxygen atoms in total. The average molecular weight is 284 g/mol. The van der Waals surface area contributed by atoms with Crippen molar-refractivity contribution >= 4 is 17.3 Å². The lowest BCUT2D eigenvalue weighted by Gasteiger charge is -2.34. The molecule has 1 aromatic rings. The van der Waals surface area contributed by atoms with Gasteiger partial charge in [-0.15, -0.1) is 11.6 Å². The first kappa shape index (κ1) is 14.2. The summed E-state index contributed by atoms with van der Waals surface area (Å²) in [5.74, 6) is 0.563. The van der Waals surface area contributed by atoms with Crippen LogP contribution in [0.25, 0.3) is 0 Å². The van der Waals surface area contributed by atoms with Crippen molar-refractivity contribution in [2.24, 2.45) is 5.16 Å². The number of benzene rings is 1. The summed E-state index contributed by atoms with van der Waals surface area (Å²) < 4.78 is 10.5. The molecule has 5 heteroatoms. The highest BCUT2D eigenvalue weighted by atomic mass is 35.5. The Balaban J connectivity index is 2.28. The number of halogens is 1. The molecule has 104 valence electrons. The van der Waals surface area contributed by atoms with Crippen LogP contribution in [-0.2, 0) is 9.57 Å². The van der Waals surface area contributed by atoms with Gasteiger partial charge in [0.2, 0.25) is 5.79 Å². The van der Waals surface area contributed by atoms with Gasteiger partial charge in [0.05, 0.1) is 18.7 Å². The van der Waals surface area contributed by atoms with Crippen molar-refractivity contribution in [3.8, 4) is 5.75 Å². The van der Waals surface area contributed by atoms with Crippen molar-refractivity contribution in [1.29, 1.82) is 0 Å². The Labute approximate surface area is 118 Å². The molecule has 0 amide bonds. The van der Waals surface area contributed by atoms with Crippen LogP contribution in [0.3, 0.4) is 0 Å². The van der Waals surface area contributed by atoms with E-state index in [0.717, 1.165) is 17.0 Å². The third kappa shape index (κ3) is 3.01. The second-order valence-electron chi connectivity index (χ2n) is 4.68. The van der Waals surface area contributed by atoms with Crippen LogP contribution in [0.5, 0.6) is 5.75 Å². The molecule has 19 heavy (non-hydrogen) atoms. The molecule has 1 heterocycles. The van der Waals surface area contributed by atoms with E-state index in [1.165, 1.54) is 0 Å². The summed E-state index contributed by atoms with van der Waals surface area (Å²) in [7, 11) is 3.27. The summed E-state index contributed by atoms with van der Waals surface area (Å²) in [6.45, 7) is 1.87. The van der Waals surface area contributed by atoms with Gasteiger partial charge < -0.3 is 14.3 Å². The van der Waals surface area contributed by atoms with E-state index in [9.17, 15) is 0 Å². The van der Waals surface area contributed by atoms with E-state index in [1.54, 1.807) is 14.2 Å². The number of alkyl halides is 1. The van der Waals surface area contributed by atoms with E-state index in [2.05, 4.69) is 5.16 Å². The molecule has 2 atom stereocenters. The number of hydrogen-bond donors (Lipinski definition) is 0. The van der Waals surface area contributed by atoms with E-state index in [4.69, 9.17) is 25.9 Å². The summed E-state index contributed by atoms with van der Waals surface area (Å²) >= 11 is 5.94. The number of oxime groups is 1. The quantitative estimate of drug-likeness (QED) is 0.797. The van der Waals surface area contributed by atoms with E-state index >= 15 is 0 Å². The van der Waals surface area contributed by atoms with Crippen LogP contribution in [-0.4, -0.2) is 31.6 Å². The average Bonchev–Trinajstić information content (AvgIpc) is 2.47. The predicted molar refractivity (Wildman–Crippen MR) is 75.0 cm³/mol. The van der Waals surface area contributed by atoms with Crippen LogP contribution < -0.4 is 4.74 Å². The van der Waals surface area contributed by atoms with Gasteiger partial charge in [0, 0.05) is 26.4 Å². The van der Waals surface area contributed by atoms with E-state index in [-0.39, 0.29) is 5.92 Å². The Hall–Kier alpha value is -1.26. The molecule has 0 spiro atoms. The van der Waals surface area contributed by atoms with Crippen LogP contribution in [0, 0.1) is 0 Å². The molecule has 0 unspecified atom stereocenters. The third-order valence-corrected chi connectivity index (χ3v) is 3.69. The summed E-state index contributed by atoms with van der Waals surface area (Å²) in [6.07, 6.45) is 0.682. The molecule has 2 rings (SSSR count). The third-order valence-electron chi connectivity index (χ3n) is 3.42. The first-order valence-electron chi connectivity index (χ1n) is 6.12. The molecule has 0 aromatic heterocycles. The fourth-order valence-corrected chi connectivity index (χ4v) is 2.36. The molecular weight excluding hydrogens is 266 g/mol. The molecular formula is C14H18ClNO3. The van der Waals surface area contributed by atoms with Crippen LogP contribution in [0.15, 0.2) is 29.4 Å². The topological polar surface area (TPSA) is 40.0 Å². The lowest BCUT2D eigenvalue weighted by molar-refractivity contribution is -0.221. The molecule has 1 aliphatic rings. The molecule has 0 aliphatic carbocycles. The van der Waals surface area contributed by atoms with Crippen LogP contribution in [0.4, 0.5) is 0 Å². The Morgan fingerprint density at radius 2 is 2.05 bits per heavy atom. The first-order valence-corrected chi connectivity index (χ1v) is 6.65. The Morgan fingerprint density at radius 3 is 2.58 bits per heavy atom. The molecule has 1 aromatic carbocycles. The number of hydrogen-bond acceptors (Lipinski definition) is 4.